The third kappa shape index (κ3) is 4.35. The van der Waals surface area contributed by atoms with Gasteiger partial charge in [-0.15, -0.1) is 0 Å². The van der Waals surface area contributed by atoms with Gasteiger partial charge in [-0.1, -0.05) is 34.1 Å². The Balaban J connectivity index is 1.42. The van der Waals surface area contributed by atoms with Crippen LogP contribution in [0.4, 0.5) is 4.39 Å². The molecule has 2 aromatic heterocycles. The van der Waals surface area contributed by atoms with Gasteiger partial charge in [0.05, 0.1) is 24.8 Å². The van der Waals surface area contributed by atoms with Crippen LogP contribution in [0.25, 0.3) is 17.8 Å². The van der Waals surface area contributed by atoms with Gasteiger partial charge in [-0.05, 0) is 61.2 Å². The summed E-state index contributed by atoms with van der Waals surface area (Å²) in [5.74, 6) is 2.16. The number of aryl methyl sites for hydroxylation is 2. The number of halogens is 2. The molecule has 0 spiro atoms. The standard InChI is InChI=1S/C25H23BrFN5O/c1-16-14-31(15-28-16)22-9-5-17(12-23(22)33-2)6-10-24-29-25-20(4-3-11-32(25)30-24)19-8-7-18(27)13-21(19)26/h5-10,12-15,20H,3-4,11H2,1-2H3/b10-6+. The first-order valence-corrected chi connectivity index (χ1v) is 11.6. The zero-order valence-corrected chi connectivity index (χ0v) is 20.0. The Morgan fingerprint density at radius 3 is 2.82 bits per heavy atom. The molecule has 0 amide bonds. The number of aromatic nitrogens is 5. The average molecular weight is 508 g/mol. The first kappa shape index (κ1) is 21.6. The van der Waals surface area contributed by atoms with Crippen molar-refractivity contribution in [1.82, 2.24) is 24.3 Å². The molecule has 1 atom stereocenters. The van der Waals surface area contributed by atoms with Crippen LogP contribution >= 0.6 is 15.9 Å². The average Bonchev–Trinajstić information content (AvgIpc) is 3.43. The maximum absolute atomic E-state index is 13.6. The molecular weight excluding hydrogens is 485 g/mol. The minimum absolute atomic E-state index is 0.0846. The van der Waals surface area contributed by atoms with E-state index in [0.29, 0.717) is 5.82 Å². The van der Waals surface area contributed by atoms with Crippen LogP contribution in [0.5, 0.6) is 5.75 Å². The third-order valence-corrected chi connectivity index (χ3v) is 6.53. The van der Waals surface area contributed by atoms with Gasteiger partial charge in [-0.2, -0.15) is 5.10 Å². The summed E-state index contributed by atoms with van der Waals surface area (Å²) in [6.07, 6.45) is 9.59. The van der Waals surface area contributed by atoms with Gasteiger partial charge in [0.25, 0.3) is 0 Å². The summed E-state index contributed by atoms with van der Waals surface area (Å²) < 4.78 is 23.8. The molecule has 2 aromatic carbocycles. The van der Waals surface area contributed by atoms with Crippen LogP contribution in [0.2, 0.25) is 0 Å². The molecular formula is C25H23BrFN5O. The first-order chi connectivity index (χ1) is 16.0. The van der Waals surface area contributed by atoms with Crippen molar-refractivity contribution in [2.45, 2.75) is 32.2 Å². The number of imidazole rings is 1. The Kier molecular flexibility index (Phi) is 5.85. The van der Waals surface area contributed by atoms with E-state index in [-0.39, 0.29) is 11.7 Å². The largest absolute Gasteiger partial charge is 0.495 e. The quantitative estimate of drug-likeness (QED) is 0.343. The van der Waals surface area contributed by atoms with E-state index >= 15 is 0 Å². The molecule has 0 fully saturated rings. The predicted octanol–water partition coefficient (Wildman–Crippen LogP) is 5.78. The molecule has 0 aliphatic carbocycles. The van der Waals surface area contributed by atoms with E-state index in [0.717, 1.165) is 57.9 Å². The van der Waals surface area contributed by atoms with Gasteiger partial charge in [-0.25, -0.2) is 19.0 Å². The van der Waals surface area contributed by atoms with Gasteiger partial charge in [0, 0.05) is 23.1 Å². The highest BCUT2D eigenvalue weighted by Crippen LogP contribution is 2.36. The zero-order valence-electron chi connectivity index (χ0n) is 18.4. The van der Waals surface area contributed by atoms with Crippen LogP contribution in [0, 0.1) is 12.7 Å². The molecule has 0 N–H and O–H groups in total. The summed E-state index contributed by atoms with van der Waals surface area (Å²) in [4.78, 5) is 9.09. The van der Waals surface area contributed by atoms with E-state index in [4.69, 9.17) is 9.72 Å². The van der Waals surface area contributed by atoms with Crippen molar-refractivity contribution in [1.29, 1.82) is 0 Å². The molecule has 168 valence electrons. The van der Waals surface area contributed by atoms with Gasteiger partial charge in [0.2, 0.25) is 0 Å². The van der Waals surface area contributed by atoms with Crippen molar-refractivity contribution in [3.05, 3.63) is 87.7 Å². The van der Waals surface area contributed by atoms with Crippen LogP contribution in [-0.2, 0) is 6.54 Å². The van der Waals surface area contributed by atoms with Crippen LogP contribution in [0.15, 0.2) is 53.4 Å². The summed E-state index contributed by atoms with van der Waals surface area (Å²) in [7, 11) is 1.66. The second kappa shape index (κ2) is 8.94. The number of nitrogens with zero attached hydrogens (tertiary/aromatic N) is 5. The lowest BCUT2D eigenvalue weighted by Crippen LogP contribution is -2.18. The maximum Gasteiger partial charge on any atom is 0.174 e. The minimum Gasteiger partial charge on any atom is -0.495 e. The van der Waals surface area contributed by atoms with Crippen molar-refractivity contribution in [3.63, 3.8) is 0 Å². The fraction of sp³-hybridized carbons (Fsp3) is 0.240. The molecule has 33 heavy (non-hydrogen) atoms. The summed E-state index contributed by atoms with van der Waals surface area (Å²) in [5.41, 5.74) is 3.90. The Hall–Kier alpha value is -3.26. The molecule has 3 heterocycles. The summed E-state index contributed by atoms with van der Waals surface area (Å²) in [6.45, 7) is 2.79. The highest BCUT2D eigenvalue weighted by atomic mass is 79.9. The second-order valence-electron chi connectivity index (χ2n) is 8.10. The summed E-state index contributed by atoms with van der Waals surface area (Å²) in [6, 6.07) is 10.9. The van der Waals surface area contributed by atoms with Crippen molar-refractivity contribution in [2.24, 2.45) is 0 Å². The molecule has 8 heteroatoms. The van der Waals surface area contributed by atoms with Crippen LogP contribution < -0.4 is 4.74 Å². The molecule has 1 aliphatic heterocycles. The number of fused-ring (bicyclic) bond motifs is 1. The fourth-order valence-corrected chi connectivity index (χ4v) is 4.88. The normalized spacial score (nSPS) is 15.7. The molecule has 0 saturated heterocycles. The Labute approximate surface area is 199 Å². The second-order valence-corrected chi connectivity index (χ2v) is 8.95. The van der Waals surface area contributed by atoms with Crippen molar-refractivity contribution in [3.8, 4) is 11.4 Å². The van der Waals surface area contributed by atoms with E-state index in [1.165, 1.54) is 12.1 Å². The number of ether oxygens (including phenoxy) is 1. The number of hydrogen-bond acceptors (Lipinski definition) is 4. The number of rotatable bonds is 5. The molecule has 0 bridgehead atoms. The number of benzene rings is 2. The Bertz CT molecular complexity index is 1340. The first-order valence-electron chi connectivity index (χ1n) is 10.8. The zero-order chi connectivity index (χ0) is 22.9. The third-order valence-electron chi connectivity index (χ3n) is 5.85. The lowest BCUT2D eigenvalue weighted by Gasteiger charge is -2.23. The van der Waals surface area contributed by atoms with Crippen LogP contribution in [-0.4, -0.2) is 31.4 Å². The van der Waals surface area contributed by atoms with Gasteiger partial charge >= 0.3 is 0 Å². The predicted molar refractivity (Wildman–Crippen MR) is 129 cm³/mol. The lowest BCUT2D eigenvalue weighted by molar-refractivity contribution is 0.413. The van der Waals surface area contributed by atoms with Gasteiger partial charge in [0.1, 0.15) is 17.4 Å². The fourth-order valence-electron chi connectivity index (χ4n) is 4.25. The van der Waals surface area contributed by atoms with Crippen LogP contribution in [0.1, 0.15) is 47.2 Å². The Morgan fingerprint density at radius 2 is 2.06 bits per heavy atom. The maximum atomic E-state index is 13.6. The Morgan fingerprint density at radius 1 is 1.18 bits per heavy atom. The minimum atomic E-state index is -0.254. The van der Waals surface area contributed by atoms with Gasteiger partial charge in [-0.3, -0.25) is 0 Å². The molecule has 1 unspecified atom stereocenters. The monoisotopic (exact) mass is 507 g/mol. The molecule has 4 aromatic rings. The van der Waals surface area contributed by atoms with Crippen molar-refractivity contribution in [2.75, 3.05) is 7.11 Å². The topological polar surface area (TPSA) is 57.8 Å². The summed E-state index contributed by atoms with van der Waals surface area (Å²) in [5, 5.41) is 4.69. The van der Waals surface area contributed by atoms with Crippen LogP contribution in [0.3, 0.4) is 0 Å². The van der Waals surface area contributed by atoms with Crippen molar-refractivity contribution >= 4 is 28.1 Å². The SMILES string of the molecule is COc1cc(/C=C/c2nc3n(n2)CCCC3c2ccc(F)cc2Br)ccc1-n1cnc(C)c1. The van der Waals surface area contributed by atoms with E-state index in [1.807, 2.05) is 58.8 Å². The van der Waals surface area contributed by atoms with E-state index in [1.54, 1.807) is 13.4 Å². The molecule has 6 nitrogen and oxygen atoms in total. The highest BCUT2D eigenvalue weighted by molar-refractivity contribution is 9.10. The van der Waals surface area contributed by atoms with Gasteiger partial charge in [0.15, 0.2) is 5.82 Å². The highest BCUT2D eigenvalue weighted by Gasteiger charge is 2.27. The van der Waals surface area contributed by atoms with E-state index in [2.05, 4.69) is 26.0 Å². The van der Waals surface area contributed by atoms with E-state index < -0.39 is 0 Å². The molecule has 1 aliphatic rings. The smallest absolute Gasteiger partial charge is 0.174 e. The molecule has 0 radical (unpaired) electrons. The van der Waals surface area contributed by atoms with E-state index in [9.17, 15) is 4.39 Å². The lowest BCUT2D eigenvalue weighted by atomic mass is 9.91. The number of hydrogen-bond donors (Lipinski definition) is 0. The number of methoxy groups -OCH3 is 1. The van der Waals surface area contributed by atoms with Crippen molar-refractivity contribution < 1.29 is 9.13 Å². The van der Waals surface area contributed by atoms with Gasteiger partial charge < -0.3 is 9.30 Å². The molecule has 5 rings (SSSR count). The molecule has 0 saturated carbocycles. The summed E-state index contributed by atoms with van der Waals surface area (Å²) >= 11 is 3.51.